The van der Waals surface area contributed by atoms with Crippen molar-refractivity contribution >= 4 is 40.7 Å². The van der Waals surface area contributed by atoms with Crippen molar-refractivity contribution in [2.75, 3.05) is 19.6 Å². The van der Waals surface area contributed by atoms with Gasteiger partial charge in [0.05, 0.1) is 0 Å². The molecule has 96 valence electrons. The standard InChI is InChI=1S/C6H15N.C3H3NO.CHCl3/c1-4-7(5-2)6-3;5-3-1-2-4-3;2-1(3)4/h4-6H2,1-3H3;1-2H,(H,4,5);1H. The molecule has 0 bridgehead atoms. The minimum Gasteiger partial charge on any atom is -0.329 e. The minimum atomic E-state index is -0.750. The lowest BCUT2D eigenvalue weighted by atomic mass is 10.4. The van der Waals surface area contributed by atoms with Crippen LogP contribution in [0.5, 0.6) is 0 Å². The number of alkyl halides is 3. The Labute approximate surface area is 113 Å². The predicted octanol–water partition coefficient (Wildman–Crippen LogP) is 2.96. The van der Waals surface area contributed by atoms with Gasteiger partial charge in [-0.3, -0.25) is 4.79 Å². The van der Waals surface area contributed by atoms with Gasteiger partial charge in [0.25, 0.3) is 0 Å². The summed E-state index contributed by atoms with van der Waals surface area (Å²) in [5, 5.41) is 2.39. The van der Waals surface area contributed by atoms with Crippen molar-refractivity contribution in [3.63, 3.8) is 0 Å². The summed E-state index contributed by atoms with van der Waals surface area (Å²) in [6, 6.07) is 0. The van der Waals surface area contributed by atoms with Gasteiger partial charge in [-0.15, -0.1) is 0 Å². The van der Waals surface area contributed by atoms with Crippen LogP contribution in [0.3, 0.4) is 0 Å². The van der Waals surface area contributed by atoms with Gasteiger partial charge in [-0.05, 0) is 19.6 Å². The molecule has 1 aliphatic heterocycles. The van der Waals surface area contributed by atoms with Gasteiger partial charge in [0.2, 0.25) is 5.91 Å². The fourth-order valence-corrected chi connectivity index (χ4v) is 0.822. The summed E-state index contributed by atoms with van der Waals surface area (Å²) in [5.41, 5.74) is 0. The summed E-state index contributed by atoms with van der Waals surface area (Å²) in [4.78, 5) is 12.1. The summed E-state index contributed by atoms with van der Waals surface area (Å²) >= 11 is 14.4. The summed E-state index contributed by atoms with van der Waals surface area (Å²) in [5.74, 6) is 0.00463. The first-order valence-electron chi connectivity index (χ1n) is 5.09. The van der Waals surface area contributed by atoms with E-state index in [1.807, 2.05) is 0 Å². The van der Waals surface area contributed by atoms with Crippen molar-refractivity contribution < 1.29 is 4.79 Å². The van der Waals surface area contributed by atoms with Crippen LogP contribution >= 0.6 is 34.8 Å². The minimum absolute atomic E-state index is 0.00463. The maximum atomic E-state index is 9.70. The van der Waals surface area contributed by atoms with Gasteiger partial charge in [0.15, 0.2) is 4.30 Å². The number of carbonyl (C=O) groups is 1. The monoisotopic (exact) mass is 288 g/mol. The lowest BCUT2D eigenvalue weighted by Gasteiger charge is -2.13. The van der Waals surface area contributed by atoms with Crippen LogP contribution in [-0.4, -0.2) is 34.7 Å². The molecular formula is C10H19Cl3N2O. The van der Waals surface area contributed by atoms with Crippen LogP contribution < -0.4 is 5.32 Å². The Morgan fingerprint density at radius 1 is 1.19 bits per heavy atom. The molecule has 1 rings (SSSR count). The maximum Gasteiger partial charge on any atom is 0.249 e. The second-order valence-corrected chi connectivity index (χ2v) is 4.69. The summed E-state index contributed by atoms with van der Waals surface area (Å²) < 4.78 is -0.750. The topological polar surface area (TPSA) is 32.3 Å². The number of hydrogen-bond donors (Lipinski definition) is 1. The first-order valence-corrected chi connectivity index (χ1v) is 6.40. The quantitative estimate of drug-likeness (QED) is 0.810. The number of halogens is 3. The zero-order chi connectivity index (χ0) is 13.0. The Bertz CT molecular complexity index is 186. The van der Waals surface area contributed by atoms with Crippen molar-refractivity contribution in [1.82, 2.24) is 10.2 Å². The summed E-state index contributed by atoms with van der Waals surface area (Å²) in [6.07, 6.45) is 3.07. The molecule has 0 fully saturated rings. The molecule has 1 heterocycles. The molecule has 0 aromatic carbocycles. The number of nitrogens with zero attached hydrogens (tertiary/aromatic N) is 1. The maximum absolute atomic E-state index is 9.70. The molecule has 0 atom stereocenters. The van der Waals surface area contributed by atoms with Crippen LogP contribution in [0.25, 0.3) is 0 Å². The van der Waals surface area contributed by atoms with Gasteiger partial charge in [-0.25, -0.2) is 0 Å². The van der Waals surface area contributed by atoms with Crippen molar-refractivity contribution in [2.24, 2.45) is 0 Å². The Balaban J connectivity index is 0. The average molecular weight is 290 g/mol. The van der Waals surface area contributed by atoms with E-state index in [9.17, 15) is 4.79 Å². The van der Waals surface area contributed by atoms with E-state index in [2.05, 4.69) is 31.0 Å². The molecule has 0 saturated carbocycles. The van der Waals surface area contributed by atoms with E-state index < -0.39 is 4.30 Å². The third-order valence-corrected chi connectivity index (χ3v) is 1.80. The molecule has 1 N–H and O–H groups in total. The van der Waals surface area contributed by atoms with Crippen LogP contribution in [0, 0.1) is 0 Å². The zero-order valence-electron chi connectivity index (χ0n) is 9.84. The van der Waals surface area contributed by atoms with E-state index in [0.717, 1.165) is 0 Å². The predicted molar refractivity (Wildman–Crippen MR) is 72.1 cm³/mol. The van der Waals surface area contributed by atoms with Crippen LogP contribution in [0.2, 0.25) is 0 Å². The third-order valence-electron chi connectivity index (χ3n) is 1.80. The number of hydrogen-bond acceptors (Lipinski definition) is 2. The molecule has 3 nitrogen and oxygen atoms in total. The van der Waals surface area contributed by atoms with Gasteiger partial charge in [-0.1, -0.05) is 55.6 Å². The highest BCUT2D eigenvalue weighted by Crippen LogP contribution is 2.03. The largest absolute Gasteiger partial charge is 0.329 e. The molecule has 1 amide bonds. The van der Waals surface area contributed by atoms with E-state index >= 15 is 0 Å². The van der Waals surface area contributed by atoms with Crippen molar-refractivity contribution in [3.05, 3.63) is 12.3 Å². The molecule has 0 spiro atoms. The normalized spacial score (nSPS) is 12.1. The lowest BCUT2D eigenvalue weighted by Crippen LogP contribution is -2.22. The SMILES string of the molecule is CCN(CC)CC.ClC(Cl)Cl.O=C1C=CN1. The molecule has 0 unspecified atom stereocenters. The van der Waals surface area contributed by atoms with E-state index in [1.165, 1.54) is 25.7 Å². The zero-order valence-corrected chi connectivity index (χ0v) is 12.1. The Morgan fingerprint density at radius 3 is 1.44 bits per heavy atom. The van der Waals surface area contributed by atoms with Crippen molar-refractivity contribution in [3.8, 4) is 0 Å². The molecule has 16 heavy (non-hydrogen) atoms. The van der Waals surface area contributed by atoms with Gasteiger partial charge in [0.1, 0.15) is 0 Å². The fourth-order valence-electron chi connectivity index (χ4n) is 0.822. The Hall–Kier alpha value is 0.0400. The van der Waals surface area contributed by atoms with Crippen LogP contribution in [-0.2, 0) is 4.79 Å². The van der Waals surface area contributed by atoms with Gasteiger partial charge < -0.3 is 10.2 Å². The molecule has 0 aromatic rings. The third kappa shape index (κ3) is 16.5. The molecule has 0 radical (unpaired) electrons. The van der Waals surface area contributed by atoms with Gasteiger partial charge in [0, 0.05) is 12.3 Å². The highest BCUT2D eigenvalue weighted by atomic mass is 35.6. The molecule has 6 heteroatoms. The lowest BCUT2D eigenvalue weighted by molar-refractivity contribution is -0.117. The fraction of sp³-hybridized carbons (Fsp3) is 0.700. The average Bonchev–Trinajstić information content (AvgIpc) is 2.18. The second kappa shape index (κ2) is 13.1. The number of amides is 1. The summed E-state index contributed by atoms with van der Waals surface area (Å²) in [7, 11) is 0. The van der Waals surface area contributed by atoms with Crippen LogP contribution in [0.4, 0.5) is 0 Å². The first kappa shape index (κ1) is 18.4. The van der Waals surface area contributed by atoms with Crippen molar-refractivity contribution in [2.45, 2.75) is 25.1 Å². The molecule has 0 saturated heterocycles. The summed E-state index contributed by atoms with van der Waals surface area (Å²) in [6.45, 7) is 10.1. The molecule has 0 aromatic heterocycles. The van der Waals surface area contributed by atoms with E-state index in [0.29, 0.717) is 0 Å². The van der Waals surface area contributed by atoms with Crippen molar-refractivity contribution in [1.29, 1.82) is 0 Å². The molecular weight excluding hydrogens is 270 g/mol. The molecule has 0 aliphatic carbocycles. The number of rotatable bonds is 3. The van der Waals surface area contributed by atoms with Gasteiger partial charge in [-0.2, -0.15) is 0 Å². The smallest absolute Gasteiger partial charge is 0.249 e. The van der Waals surface area contributed by atoms with E-state index in [4.69, 9.17) is 34.8 Å². The highest BCUT2D eigenvalue weighted by molar-refractivity contribution is 6.63. The second-order valence-electron chi connectivity index (χ2n) is 2.71. The van der Waals surface area contributed by atoms with Gasteiger partial charge >= 0.3 is 0 Å². The number of nitrogens with one attached hydrogen (secondary N) is 1. The van der Waals surface area contributed by atoms with Crippen LogP contribution in [0.1, 0.15) is 20.8 Å². The number of carbonyl (C=O) groups excluding carboxylic acids is 1. The Morgan fingerprint density at radius 2 is 1.44 bits per heavy atom. The van der Waals surface area contributed by atoms with Crippen LogP contribution in [0.15, 0.2) is 12.3 Å². The molecule has 1 aliphatic rings. The Kier molecular flexibility index (Phi) is 15.1. The van der Waals surface area contributed by atoms with E-state index in [-0.39, 0.29) is 5.91 Å². The first-order chi connectivity index (χ1) is 7.47. The van der Waals surface area contributed by atoms with E-state index in [1.54, 1.807) is 6.20 Å². The highest BCUT2D eigenvalue weighted by Gasteiger charge is 1.95.